The van der Waals surface area contributed by atoms with E-state index in [0.717, 1.165) is 22.4 Å². The molecule has 7 nitrogen and oxygen atoms in total. The van der Waals surface area contributed by atoms with E-state index < -0.39 is 0 Å². The molecule has 0 fully saturated rings. The predicted octanol–water partition coefficient (Wildman–Crippen LogP) is 4.78. The third-order valence-electron chi connectivity index (χ3n) is 6.37. The fourth-order valence-corrected chi connectivity index (χ4v) is 4.77. The van der Waals surface area contributed by atoms with Crippen LogP contribution in [0.15, 0.2) is 48.5 Å². The molecule has 2 aliphatic rings. The average Bonchev–Trinajstić information content (AvgIpc) is 3.25. The first kappa shape index (κ1) is 20.2. The fourth-order valence-electron chi connectivity index (χ4n) is 4.77. The van der Waals surface area contributed by atoms with Crippen LogP contribution in [-0.2, 0) is 0 Å². The van der Waals surface area contributed by atoms with Crippen molar-refractivity contribution in [1.82, 2.24) is 0 Å². The van der Waals surface area contributed by atoms with E-state index in [9.17, 15) is 10.2 Å². The number of benzene rings is 3. The van der Waals surface area contributed by atoms with Crippen molar-refractivity contribution in [3.63, 3.8) is 0 Å². The summed E-state index contributed by atoms with van der Waals surface area (Å²) in [6.07, 6.45) is 0. The second-order valence-electron chi connectivity index (χ2n) is 8.11. The van der Waals surface area contributed by atoms with Crippen LogP contribution < -0.4 is 24.3 Å². The lowest BCUT2D eigenvalue weighted by molar-refractivity contribution is 0.174. The summed E-state index contributed by atoms with van der Waals surface area (Å²) in [5.74, 6) is 2.53. The lowest BCUT2D eigenvalue weighted by Gasteiger charge is -2.40. The van der Waals surface area contributed by atoms with Gasteiger partial charge in [0, 0.05) is 17.7 Å². The van der Waals surface area contributed by atoms with Crippen molar-refractivity contribution in [2.75, 3.05) is 26.3 Å². The minimum atomic E-state index is -0.0931. The lowest BCUT2D eigenvalue weighted by Crippen LogP contribution is -2.30. The Labute approximate surface area is 186 Å². The Morgan fingerprint density at radius 2 is 1.56 bits per heavy atom. The van der Waals surface area contributed by atoms with Gasteiger partial charge in [-0.1, -0.05) is 19.1 Å². The first-order valence-electron chi connectivity index (χ1n) is 10.4. The van der Waals surface area contributed by atoms with Gasteiger partial charge in [0.15, 0.2) is 34.5 Å². The Balaban J connectivity index is 1.65. The molecule has 0 saturated heterocycles. The molecule has 0 bridgehead atoms. The third kappa shape index (κ3) is 3.21. The van der Waals surface area contributed by atoms with Gasteiger partial charge in [-0.25, -0.2) is 0 Å². The van der Waals surface area contributed by atoms with E-state index in [0.29, 0.717) is 23.0 Å². The van der Waals surface area contributed by atoms with Gasteiger partial charge in [-0.05, 0) is 52.9 Å². The Kier molecular flexibility index (Phi) is 4.89. The van der Waals surface area contributed by atoms with Crippen molar-refractivity contribution in [3.8, 4) is 34.5 Å². The van der Waals surface area contributed by atoms with E-state index in [1.54, 1.807) is 25.3 Å². The topological polar surface area (TPSA) is 89.4 Å². The van der Waals surface area contributed by atoms with Crippen LogP contribution in [0.3, 0.4) is 0 Å². The number of ether oxygens (including phenoxy) is 4. The van der Waals surface area contributed by atoms with Crippen LogP contribution in [-0.4, -0.2) is 31.2 Å². The number of hydrogen-bond acceptors (Lipinski definition) is 7. The van der Waals surface area contributed by atoms with Crippen LogP contribution in [0.4, 0.5) is 5.69 Å². The quantitative estimate of drug-likeness (QED) is 0.543. The molecule has 0 aromatic heterocycles. The third-order valence-corrected chi connectivity index (χ3v) is 6.37. The molecule has 32 heavy (non-hydrogen) atoms. The Morgan fingerprint density at radius 3 is 2.28 bits per heavy atom. The zero-order chi connectivity index (χ0) is 22.4. The van der Waals surface area contributed by atoms with E-state index in [1.165, 1.54) is 7.11 Å². The molecule has 0 aliphatic carbocycles. The SMILES string of the molecule is COc1ccc(C2Nc3cc4c(cc3C(c3ccc(O)c(OC)c3)C2C)OCO4)cc1O. The average molecular weight is 435 g/mol. The molecule has 5 rings (SSSR count). The zero-order valence-electron chi connectivity index (χ0n) is 18.1. The van der Waals surface area contributed by atoms with Crippen LogP contribution in [0.25, 0.3) is 0 Å². The van der Waals surface area contributed by atoms with Crippen LogP contribution in [0.5, 0.6) is 34.5 Å². The summed E-state index contributed by atoms with van der Waals surface area (Å²) in [6.45, 7) is 2.36. The second-order valence-corrected chi connectivity index (χ2v) is 8.11. The van der Waals surface area contributed by atoms with Gasteiger partial charge < -0.3 is 34.5 Å². The van der Waals surface area contributed by atoms with Crippen molar-refractivity contribution in [3.05, 3.63) is 65.2 Å². The van der Waals surface area contributed by atoms with Crippen LogP contribution in [0, 0.1) is 5.92 Å². The minimum absolute atomic E-state index is 0.0236. The van der Waals surface area contributed by atoms with Gasteiger partial charge in [0.1, 0.15) is 0 Å². The normalized spacial score (nSPS) is 20.9. The molecule has 3 N–H and O–H groups in total. The molecule has 0 radical (unpaired) electrons. The van der Waals surface area contributed by atoms with Crippen LogP contribution in [0.2, 0.25) is 0 Å². The highest BCUT2D eigenvalue weighted by Gasteiger charge is 2.37. The molecule has 3 aromatic rings. The van der Waals surface area contributed by atoms with E-state index in [2.05, 4.69) is 12.2 Å². The summed E-state index contributed by atoms with van der Waals surface area (Å²) in [4.78, 5) is 0. The maximum Gasteiger partial charge on any atom is 0.231 e. The van der Waals surface area contributed by atoms with E-state index in [-0.39, 0.29) is 36.2 Å². The Bertz CT molecular complexity index is 1180. The smallest absolute Gasteiger partial charge is 0.231 e. The molecule has 0 amide bonds. The minimum Gasteiger partial charge on any atom is -0.504 e. The number of rotatable bonds is 4. The van der Waals surface area contributed by atoms with Gasteiger partial charge >= 0.3 is 0 Å². The van der Waals surface area contributed by atoms with Crippen molar-refractivity contribution >= 4 is 5.69 Å². The van der Waals surface area contributed by atoms with Crippen molar-refractivity contribution in [1.29, 1.82) is 0 Å². The van der Waals surface area contributed by atoms with Gasteiger partial charge in [0.05, 0.1) is 20.3 Å². The highest BCUT2D eigenvalue weighted by atomic mass is 16.7. The van der Waals surface area contributed by atoms with Crippen molar-refractivity contribution in [2.45, 2.75) is 18.9 Å². The van der Waals surface area contributed by atoms with Gasteiger partial charge in [-0.3, -0.25) is 0 Å². The van der Waals surface area contributed by atoms with E-state index >= 15 is 0 Å². The molecule has 3 unspecified atom stereocenters. The first-order chi connectivity index (χ1) is 15.5. The number of fused-ring (bicyclic) bond motifs is 2. The monoisotopic (exact) mass is 435 g/mol. The Morgan fingerprint density at radius 1 is 0.844 bits per heavy atom. The van der Waals surface area contributed by atoms with Crippen molar-refractivity contribution in [2.24, 2.45) is 5.92 Å². The number of hydrogen-bond donors (Lipinski definition) is 3. The predicted molar refractivity (Wildman–Crippen MR) is 119 cm³/mol. The summed E-state index contributed by atoms with van der Waals surface area (Å²) in [6, 6.07) is 14.8. The van der Waals surface area contributed by atoms with Crippen molar-refractivity contribution < 1.29 is 29.2 Å². The summed E-state index contributed by atoms with van der Waals surface area (Å²) >= 11 is 0. The molecule has 166 valence electrons. The number of aromatic hydroxyl groups is 2. The molecule has 3 aromatic carbocycles. The molecule has 3 atom stereocenters. The van der Waals surface area contributed by atoms with Gasteiger partial charge in [0.25, 0.3) is 0 Å². The summed E-state index contributed by atoms with van der Waals surface area (Å²) < 4.78 is 21.8. The summed E-state index contributed by atoms with van der Waals surface area (Å²) in [5, 5.41) is 24.1. The number of nitrogens with one attached hydrogen (secondary N) is 1. The molecule has 2 aliphatic heterocycles. The number of methoxy groups -OCH3 is 2. The highest BCUT2D eigenvalue weighted by molar-refractivity contribution is 5.67. The van der Waals surface area contributed by atoms with Gasteiger partial charge in [0.2, 0.25) is 6.79 Å². The van der Waals surface area contributed by atoms with E-state index in [1.807, 2.05) is 30.3 Å². The van der Waals surface area contributed by atoms with Gasteiger partial charge in [-0.2, -0.15) is 0 Å². The number of phenolic OH excluding ortho intramolecular Hbond substituents is 2. The van der Waals surface area contributed by atoms with Gasteiger partial charge in [-0.15, -0.1) is 0 Å². The molecule has 0 spiro atoms. The zero-order valence-corrected chi connectivity index (χ0v) is 18.1. The fraction of sp³-hybridized carbons (Fsp3) is 0.280. The number of anilines is 1. The number of phenols is 2. The lowest BCUT2D eigenvalue weighted by atomic mass is 9.73. The maximum atomic E-state index is 10.4. The molecule has 2 heterocycles. The van der Waals surface area contributed by atoms with Crippen LogP contribution >= 0.6 is 0 Å². The molecular formula is C25H25NO6. The first-order valence-corrected chi connectivity index (χ1v) is 10.4. The molecule has 7 heteroatoms. The summed E-state index contributed by atoms with van der Waals surface area (Å²) in [7, 11) is 3.07. The largest absolute Gasteiger partial charge is 0.504 e. The van der Waals surface area contributed by atoms with Crippen LogP contribution in [0.1, 0.15) is 35.6 Å². The second kappa shape index (κ2) is 7.75. The highest BCUT2D eigenvalue weighted by Crippen LogP contribution is 2.52. The Hall–Kier alpha value is -3.74. The molecular weight excluding hydrogens is 410 g/mol. The maximum absolute atomic E-state index is 10.4. The van der Waals surface area contributed by atoms with E-state index in [4.69, 9.17) is 18.9 Å². The molecule has 0 saturated carbocycles. The standard InChI is InChI=1S/C25H25NO6/c1-13-24(14-4-6-18(27)21(9-14)30-3)16-10-22-23(32-12-31-22)11-17(16)26-25(13)15-5-7-20(29-2)19(28)8-15/h4-11,13,24-28H,12H2,1-3H3. The summed E-state index contributed by atoms with van der Waals surface area (Å²) in [5.41, 5.74) is 3.96.